The Morgan fingerprint density at radius 1 is 1.60 bits per heavy atom. The van der Waals surface area contributed by atoms with Crippen molar-refractivity contribution in [3.05, 3.63) is 0 Å². The van der Waals surface area contributed by atoms with Crippen molar-refractivity contribution < 1.29 is 9.67 Å². The molecular weight excluding hydrogens is 147 g/mol. The fourth-order valence-electron chi connectivity index (χ4n) is 0.846. The normalized spacial score (nSPS) is 20.0. The molecule has 0 saturated heterocycles. The van der Waals surface area contributed by atoms with E-state index in [2.05, 4.69) is 13.8 Å². The Morgan fingerprint density at radius 2 is 2.10 bits per heavy atom. The first-order chi connectivity index (χ1) is 4.52. The van der Waals surface area contributed by atoms with Crippen LogP contribution in [0.3, 0.4) is 0 Å². The van der Waals surface area contributed by atoms with E-state index in [9.17, 15) is 4.57 Å². The molecule has 0 aromatic heterocycles. The van der Waals surface area contributed by atoms with Crippen LogP contribution in [0.4, 0.5) is 0 Å². The van der Waals surface area contributed by atoms with Crippen molar-refractivity contribution >= 4 is 7.14 Å². The third-order valence-corrected chi connectivity index (χ3v) is 3.69. The third-order valence-electron chi connectivity index (χ3n) is 1.69. The lowest BCUT2D eigenvalue weighted by atomic mass is 10.2. The second-order valence-electron chi connectivity index (χ2n) is 3.13. The lowest BCUT2D eigenvalue weighted by molar-refractivity contribution is 0.357. The van der Waals surface area contributed by atoms with Crippen molar-refractivity contribution in [2.45, 2.75) is 20.3 Å². The minimum Gasteiger partial charge on any atom is -0.389 e. The first-order valence-electron chi connectivity index (χ1n) is 3.68. The molecule has 62 valence electrons. The lowest BCUT2D eigenvalue weighted by Crippen LogP contribution is -2.02. The fraction of sp³-hybridized carbons (Fsp3) is 1.00. The van der Waals surface area contributed by atoms with Crippen LogP contribution in [0.2, 0.25) is 0 Å². The van der Waals surface area contributed by atoms with Crippen LogP contribution >= 0.6 is 7.14 Å². The largest absolute Gasteiger partial charge is 0.389 e. The molecule has 2 atom stereocenters. The van der Waals surface area contributed by atoms with E-state index in [-0.39, 0.29) is 6.35 Å². The van der Waals surface area contributed by atoms with Gasteiger partial charge >= 0.3 is 0 Å². The van der Waals surface area contributed by atoms with Crippen LogP contribution in [0.25, 0.3) is 0 Å². The van der Waals surface area contributed by atoms with Crippen LogP contribution in [0.1, 0.15) is 20.3 Å². The average molecular weight is 164 g/mol. The molecule has 0 aromatic rings. The van der Waals surface area contributed by atoms with Gasteiger partial charge in [0.05, 0.1) is 6.35 Å². The summed E-state index contributed by atoms with van der Waals surface area (Å²) in [7, 11) is -2.19. The molecule has 0 radical (unpaired) electrons. The van der Waals surface area contributed by atoms with Gasteiger partial charge in [-0.3, -0.25) is 0 Å². The van der Waals surface area contributed by atoms with Crippen molar-refractivity contribution in [1.82, 2.24) is 0 Å². The third kappa shape index (κ3) is 4.08. The summed E-state index contributed by atoms with van der Waals surface area (Å²) in [6, 6.07) is 0. The number of aliphatic hydroxyl groups excluding tert-OH is 1. The second-order valence-corrected chi connectivity index (χ2v) is 6.38. The van der Waals surface area contributed by atoms with Gasteiger partial charge in [-0.2, -0.15) is 0 Å². The molecule has 0 aliphatic rings. The summed E-state index contributed by atoms with van der Waals surface area (Å²) in [5.74, 6) is 0.475. The van der Waals surface area contributed by atoms with Gasteiger partial charge < -0.3 is 9.67 Å². The predicted molar refractivity (Wildman–Crippen MR) is 44.9 cm³/mol. The van der Waals surface area contributed by atoms with Gasteiger partial charge in [0, 0.05) is 6.16 Å². The number of hydrogen-bond donors (Lipinski definition) is 1. The highest BCUT2D eigenvalue weighted by Crippen LogP contribution is 2.41. The van der Waals surface area contributed by atoms with Crippen LogP contribution in [0.15, 0.2) is 0 Å². The van der Waals surface area contributed by atoms with Gasteiger partial charge in [-0.05, 0) is 12.6 Å². The van der Waals surface area contributed by atoms with Gasteiger partial charge in [0.2, 0.25) is 0 Å². The summed E-state index contributed by atoms with van der Waals surface area (Å²) in [6.07, 6.45) is 1.58. The number of rotatable bonds is 4. The zero-order valence-electron chi connectivity index (χ0n) is 7.00. The summed E-state index contributed by atoms with van der Waals surface area (Å²) in [6.45, 7) is 5.80. The van der Waals surface area contributed by atoms with E-state index >= 15 is 0 Å². The van der Waals surface area contributed by atoms with Crippen LogP contribution in [-0.4, -0.2) is 24.3 Å². The van der Waals surface area contributed by atoms with Gasteiger partial charge in [-0.25, -0.2) is 0 Å². The maximum Gasteiger partial charge on any atom is 0.109 e. The Balaban J connectivity index is 3.77. The highest BCUT2D eigenvalue weighted by atomic mass is 31.2. The van der Waals surface area contributed by atoms with Crippen molar-refractivity contribution in [2.75, 3.05) is 19.2 Å². The summed E-state index contributed by atoms with van der Waals surface area (Å²) in [5.41, 5.74) is 0. The molecule has 0 rings (SSSR count). The second kappa shape index (κ2) is 4.15. The molecule has 0 amide bonds. The monoisotopic (exact) mass is 164 g/mol. The molecule has 0 aliphatic heterocycles. The van der Waals surface area contributed by atoms with Crippen molar-refractivity contribution in [2.24, 2.45) is 5.92 Å². The zero-order chi connectivity index (χ0) is 8.20. The summed E-state index contributed by atoms with van der Waals surface area (Å²) in [5, 5.41) is 8.68. The Bertz CT molecular complexity index is 134. The van der Waals surface area contributed by atoms with Crippen molar-refractivity contribution in [3.63, 3.8) is 0 Å². The van der Waals surface area contributed by atoms with Crippen LogP contribution in [0.5, 0.6) is 0 Å². The molecule has 0 aliphatic carbocycles. The van der Waals surface area contributed by atoms with Gasteiger partial charge in [-0.1, -0.05) is 20.3 Å². The standard InChI is InChI=1S/C7H17O2P/c1-4-7(2)5-10(3,9)6-8/h7-8H,4-6H2,1-3H3. The molecule has 2 unspecified atom stereocenters. The predicted octanol–water partition coefficient (Wildman–Crippen LogP) is 1.98. The number of aliphatic hydroxyl groups is 1. The van der Waals surface area contributed by atoms with E-state index < -0.39 is 7.14 Å². The molecule has 0 heterocycles. The molecule has 0 fully saturated rings. The van der Waals surface area contributed by atoms with Gasteiger partial charge in [-0.15, -0.1) is 0 Å². The van der Waals surface area contributed by atoms with E-state index in [1.54, 1.807) is 6.66 Å². The van der Waals surface area contributed by atoms with Gasteiger partial charge in [0.1, 0.15) is 7.14 Å². The topological polar surface area (TPSA) is 37.3 Å². The molecule has 3 heteroatoms. The van der Waals surface area contributed by atoms with Crippen molar-refractivity contribution in [1.29, 1.82) is 0 Å². The van der Waals surface area contributed by atoms with E-state index in [1.807, 2.05) is 0 Å². The van der Waals surface area contributed by atoms with Gasteiger partial charge in [0.25, 0.3) is 0 Å². The maximum atomic E-state index is 11.3. The molecule has 0 bridgehead atoms. The Hall–Kier alpha value is 0.190. The molecule has 0 saturated carbocycles. The molecule has 0 aromatic carbocycles. The molecule has 2 nitrogen and oxygen atoms in total. The Kier molecular flexibility index (Phi) is 4.23. The Morgan fingerprint density at radius 3 is 2.40 bits per heavy atom. The number of hydrogen-bond acceptors (Lipinski definition) is 2. The zero-order valence-corrected chi connectivity index (χ0v) is 7.90. The minimum absolute atomic E-state index is 0.142. The highest BCUT2D eigenvalue weighted by molar-refractivity contribution is 7.62. The van der Waals surface area contributed by atoms with E-state index in [0.717, 1.165) is 6.42 Å². The highest BCUT2D eigenvalue weighted by Gasteiger charge is 2.16. The summed E-state index contributed by atoms with van der Waals surface area (Å²) < 4.78 is 11.3. The first kappa shape index (κ1) is 10.2. The van der Waals surface area contributed by atoms with E-state index in [4.69, 9.17) is 5.11 Å². The molecule has 1 N–H and O–H groups in total. The molecular formula is C7H17O2P. The smallest absolute Gasteiger partial charge is 0.109 e. The molecule has 10 heavy (non-hydrogen) atoms. The fourth-order valence-corrected chi connectivity index (χ4v) is 2.54. The summed E-state index contributed by atoms with van der Waals surface area (Å²) in [4.78, 5) is 0. The van der Waals surface area contributed by atoms with Gasteiger partial charge in [0.15, 0.2) is 0 Å². The minimum atomic E-state index is -2.19. The first-order valence-corrected chi connectivity index (χ1v) is 6.20. The average Bonchev–Trinajstić information content (AvgIpc) is 1.87. The van der Waals surface area contributed by atoms with Crippen LogP contribution in [-0.2, 0) is 4.57 Å². The van der Waals surface area contributed by atoms with E-state index in [0.29, 0.717) is 12.1 Å². The maximum absolute atomic E-state index is 11.3. The quantitative estimate of drug-likeness (QED) is 0.645. The van der Waals surface area contributed by atoms with Crippen LogP contribution < -0.4 is 0 Å². The van der Waals surface area contributed by atoms with Crippen LogP contribution in [0, 0.1) is 5.92 Å². The lowest BCUT2D eigenvalue weighted by Gasteiger charge is -2.13. The molecule has 0 spiro atoms. The Labute approximate surface area is 63.0 Å². The summed E-state index contributed by atoms with van der Waals surface area (Å²) >= 11 is 0. The SMILES string of the molecule is CCC(C)CP(C)(=O)CO. The van der Waals surface area contributed by atoms with E-state index in [1.165, 1.54) is 0 Å². The van der Waals surface area contributed by atoms with Crippen molar-refractivity contribution in [3.8, 4) is 0 Å².